The molecule has 1 heterocycles. The highest BCUT2D eigenvalue weighted by molar-refractivity contribution is 5.81. The third kappa shape index (κ3) is 3.75. The Bertz CT molecular complexity index is 405. The molecule has 0 bridgehead atoms. The van der Waals surface area contributed by atoms with Gasteiger partial charge in [0.1, 0.15) is 0 Å². The lowest BCUT2D eigenvalue weighted by atomic mass is 10.2. The van der Waals surface area contributed by atoms with Crippen molar-refractivity contribution in [1.82, 2.24) is 9.80 Å². The molecule has 0 aliphatic carbocycles. The van der Waals surface area contributed by atoms with E-state index in [0.717, 1.165) is 19.6 Å². The van der Waals surface area contributed by atoms with Crippen LogP contribution in [0.25, 0.3) is 0 Å². The van der Waals surface area contributed by atoms with E-state index in [1.165, 1.54) is 10.5 Å². The first-order chi connectivity index (χ1) is 9.20. The van der Waals surface area contributed by atoms with Crippen molar-refractivity contribution in [2.45, 2.75) is 12.7 Å². The van der Waals surface area contributed by atoms with Crippen molar-refractivity contribution >= 4 is 5.91 Å². The van der Waals surface area contributed by atoms with Crippen LogP contribution in [-0.2, 0) is 11.3 Å². The molecule has 19 heavy (non-hydrogen) atoms. The second kappa shape index (κ2) is 6.63. The zero-order valence-electron chi connectivity index (χ0n) is 10.8. The Morgan fingerprint density at radius 1 is 1.21 bits per heavy atom. The molecule has 1 aliphatic heterocycles. The Kier molecular flexibility index (Phi) is 4.87. The van der Waals surface area contributed by atoms with Crippen LogP contribution in [0.3, 0.4) is 0 Å². The van der Waals surface area contributed by atoms with Gasteiger partial charge in [-0.25, -0.2) is 4.39 Å². The number of hydrogen-bond donors (Lipinski definition) is 1. The fourth-order valence-corrected chi connectivity index (χ4v) is 2.24. The van der Waals surface area contributed by atoms with Crippen molar-refractivity contribution in [2.24, 2.45) is 0 Å². The minimum absolute atomic E-state index is 0.520. The van der Waals surface area contributed by atoms with Gasteiger partial charge < -0.3 is 10.0 Å². The number of halogens is 1. The van der Waals surface area contributed by atoms with Gasteiger partial charge in [-0.3, -0.25) is 9.69 Å². The topological polar surface area (TPSA) is 43.8 Å². The quantitative estimate of drug-likeness (QED) is 0.870. The lowest BCUT2D eigenvalue weighted by molar-refractivity contribution is -0.139. The van der Waals surface area contributed by atoms with Crippen molar-refractivity contribution in [3.8, 4) is 0 Å². The number of benzene rings is 1. The molecule has 0 spiro atoms. The zero-order chi connectivity index (χ0) is 13.7. The number of carbonyl (C=O) groups excluding carboxylic acids is 1. The van der Waals surface area contributed by atoms with Gasteiger partial charge in [-0.05, 0) is 5.56 Å². The highest BCUT2D eigenvalue weighted by Crippen LogP contribution is 2.10. The normalized spacial score (nSPS) is 18.3. The van der Waals surface area contributed by atoms with Gasteiger partial charge in [0.15, 0.2) is 0 Å². The highest BCUT2D eigenvalue weighted by Gasteiger charge is 2.26. The molecule has 1 atom stereocenters. The standard InChI is InChI=1S/C14H19FN2O2/c15-13(11-18)14(19)17-8-6-16(7-9-17)10-12-4-2-1-3-5-12/h1-5,13,18H,6-11H2. The average Bonchev–Trinajstić information content (AvgIpc) is 2.47. The fourth-order valence-electron chi connectivity index (χ4n) is 2.24. The van der Waals surface area contributed by atoms with Crippen LogP contribution in [0.15, 0.2) is 30.3 Å². The lowest BCUT2D eigenvalue weighted by Crippen LogP contribution is -2.50. The lowest BCUT2D eigenvalue weighted by Gasteiger charge is -2.35. The number of aliphatic hydroxyl groups excluding tert-OH is 1. The molecule has 104 valence electrons. The van der Waals surface area contributed by atoms with Gasteiger partial charge in [0.05, 0.1) is 6.61 Å². The summed E-state index contributed by atoms with van der Waals surface area (Å²) in [6, 6.07) is 10.1. The molecular weight excluding hydrogens is 247 g/mol. The summed E-state index contributed by atoms with van der Waals surface area (Å²) in [5, 5.41) is 8.65. The number of rotatable bonds is 4. The first-order valence-electron chi connectivity index (χ1n) is 6.50. The monoisotopic (exact) mass is 266 g/mol. The maximum absolute atomic E-state index is 13.1. The van der Waals surface area contributed by atoms with Gasteiger partial charge in [0.2, 0.25) is 6.17 Å². The van der Waals surface area contributed by atoms with Crippen molar-refractivity contribution in [2.75, 3.05) is 32.8 Å². The van der Waals surface area contributed by atoms with Gasteiger partial charge >= 0.3 is 0 Å². The maximum Gasteiger partial charge on any atom is 0.259 e. The minimum atomic E-state index is -1.78. The maximum atomic E-state index is 13.1. The van der Waals surface area contributed by atoms with E-state index in [4.69, 9.17) is 5.11 Å². The molecule has 1 fully saturated rings. The Balaban J connectivity index is 1.81. The van der Waals surface area contributed by atoms with Gasteiger partial charge in [-0.1, -0.05) is 30.3 Å². The van der Waals surface area contributed by atoms with E-state index in [2.05, 4.69) is 17.0 Å². The predicted octanol–water partition coefficient (Wildman–Crippen LogP) is 0.661. The van der Waals surface area contributed by atoms with Crippen LogP contribution >= 0.6 is 0 Å². The average molecular weight is 266 g/mol. The number of alkyl halides is 1. The van der Waals surface area contributed by atoms with Crippen LogP contribution in [0.4, 0.5) is 4.39 Å². The molecule has 0 aromatic heterocycles. The molecule has 4 nitrogen and oxygen atoms in total. The highest BCUT2D eigenvalue weighted by atomic mass is 19.1. The summed E-state index contributed by atoms with van der Waals surface area (Å²) in [5.74, 6) is -0.595. The van der Waals surface area contributed by atoms with E-state index >= 15 is 0 Å². The Morgan fingerprint density at radius 3 is 2.42 bits per heavy atom. The van der Waals surface area contributed by atoms with Crippen LogP contribution in [0.2, 0.25) is 0 Å². The molecule has 1 aliphatic rings. The van der Waals surface area contributed by atoms with Crippen LogP contribution in [-0.4, -0.2) is 59.8 Å². The number of amides is 1. The van der Waals surface area contributed by atoms with Crippen LogP contribution in [0.1, 0.15) is 5.56 Å². The molecule has 0 saturated carbocycles. The zero-order valence-corrected chi connectivity index (χ0v) is 10.8. The van der Waals surface area contributed by atoms with Gasteiger partial charge in [0.25, 0.3) is 5.91 Å². The Hall–Kier alpha value is -1.46. The van der Waals surface area contributed by atoms with E-state index in [1.807, 2.05) is 18.2 Å². The van der Waals surface area contributed by atoms with Crippen molar-refractivity contribution in [1.29, 1.82) is 0 Å². The second-order valence-electron chi connectivity index (χ2n) is 4.74. The molecule has 1 aromatic rings. The smallest absolute Gasteiger partial charge is 0.259 e. The molecule has 1 unspecified atom stereocenters. The SMILES string of the molecule is O=C(C(F)CO)N1CCN(Cc2ccccc2)CC1. The Morgan fingerprint density at radius 2 is 1.84 bits per heavy atom. The number of piperazine rings is 1. The van der Waals surface area contributed by atoms with Crippen LogP contribution in [0, 0.1) is 0 Å². The molecule has 1 amide bonds. The van der Waals surface area contributed by atoms with Crippen molar-refractivity contribution in [3.63, 3.8) is 0 Å². The van der Waals surface area contributed by atoms with Crippen LogP contribution < -0.4 is 0 Å². The number of carbonyl (C=O) groups is 1. The number of aliphatic hydroxyl groups is 1. The second-order valence-corrected chi connectivity index (χ2v) is 4.74. The summed E-state index contributed by atoms with van der Waals surface area (Å²) in [5.41, 5.74) is 1.24. The molecule has 0 radical (unpaired) electrons. The molecular formula is C14H19FN2O2. The number of hydrogen-bond acceptors (Lipinski definition) is 3. The summed E-state index contributed by atoms with van der Waals surface area (Å²) < 4.78 is 13.1. The molecule has 1 aromatic carbocycles. The minimum Gasteiger partial charge on any atom is -0.393 e. The van der Waals surface area contributed by atoms with Crippen molar-refractivity contribution in [3.05, 3.63) is 35.9 Å². The van der Waals surface area contributed by atoms with Gasteiger partial charge in [-0.15, -0.1) is 0 Å². The molecule has 1 saturated heterocycles. The third-order valence-electron chi connectivity index (χ3n) is 3.36. The van der Waals surface area contributed by atoms with Gasteiger partial charge in [0, 0.05) is 32.7 Å². The summed E-state index contributed by atoms with van der Waals surface area (Å²) in [7, 11) is 0. The molecule has 1 N–H and O–H groups in total. The fraction of sp³-hybridized carbons (Fsp3) is 0.500. The van der Waals surface area contributed by atoms with E-state index < -0.39 is 18.7 Å². The van der Waals surface area contributed by atoms with E-state index in [0.29, 0.717) is 13.1 Å². The summed E-state index contributed by atoms with van der Waals surface area (Å²) in [4.78, 5) is 15.3. The largest absolute Gasteiger partial charge is 0.393 e. The summed E-state index contributed by atoms with van der Waals surface area (Å²) >= 11 is 0. The predicted molar refractivity (Wildman–Crippen MR) is 70.3 cm³/mol. The molecule has 2 rings (SSSR count). The first kappa shape index (κ1) is 14.0. The third-order valence-corrected chi connectivity index (χ3v) is 3.36. The Labute approximate surface area is 112 Å². The van der Waals surface area contributed by atoms with E-state index in [1.54, 1.807) is 0 Å². The molecule has 5 heteroatoms. The first-order valence-corrected chi connectivity index (χ1v) is 6.50. The number of nitrogens with zero attached hydrogens (tertiary/aromatic N) is 2. The van der Waals surface area contributed by atoms with Crippen molar-refractivity contribution < 1.29 is 14.3 Å². The van der Waals surface area contributed by atoms with Gasteiger partial charge in [-0.2, -0.15) is 0 Å². The van der Waals surface area contributed by atoms with E-state index in [-0.39, 0.29) is 0 Å². The summed E-state index contributed by atoms with van der Waals surface area (Å²) in [6.07, 6.45) is -1.78. The van der Waals surface area contributed by atoms with Crippen LogP contribution in [0.5, 0.6) is 0 Å². The van der Waals surface area contributed by atoms with E-state index in [9.17, 15) is 9.18 Å². The summed E-state index contributed by atoms with van der Waals surface area (Å²) in [6.45, 7) is 2.63.